The van der Waals surface area contributed by atoms with Crippen molar-refractivity contribution in [3.05, 3.63) is 0 Å². The van der Waals surface area contributed by atoms with E-state index in [-0.39, 0.29) is 0 Å². The van der Waals surface area contributed by atoms with Crippen LogP contribution in [0.5, 0.6) is 0 Å². The number of sulfone groups is 1. The van der Waals surface area contributed by atoms with Crippen LogP contribution in [0.2, 0.25) is 0 Å². The van der Waals surface area contributed by atoms with Gasteiger partial charge < -0.3 is 5.32 Å². The third kappa shape index (κ3) is 6.43. The Morgan fingerprint density at radius 1 is 1.50 bits per heavy atom. The Balaban J connectivity index is 3.89. The van der Waals surface area contributed by atoms with Gasteiger partial charge in [-0.05, 0) is 6.42 Å². The van der Waals surface area contributed by atoms with Crippen LogP contribution in [0.3, 0.4) is 0 Å². The molecule has 0 saturated heterocycles. The fourth-order valence-corrected chi connectivity index (χ4v) is 1.61. The van der Waals surface area contributed by atoms with E-state index in [1.54, 1.807) is 0 Å². The largest absolute Gasteiger partial charge is 0.355 e. The molecule has 0 radical (unpaired) electrons. The lowest BCUT2D eigenvalue weighted by Gasteiger charge is -2.02. The molecule has 6 heteroatoms. The first kappa shape index (κ1) is 12.9. The second-order valence-electron chi connectivity index (χ2n) is 2.89. The Kier molecular flexibility index (Phi) is 5.88. The van der Waals surface area contributed by atoms with Crippen molar-refractivity contribution in [3.8, 4) is 6.07 Å². The number of rotatable bonds is 6. The van der Waals surface area contributed by atoms with Crippen molar-refractivity contribution in [2.24, 2.45) is 0 Å². The maximum Gasteiger partial charge on any atom is 0.235 e. The van der Waals surface area contributed by atoms with E-state index in [4.69, 9.17) is 5.26 Å². The molecule has 0 saturated carbocycles. The van der Waals surface area contributed by atoms with E-state index < -0.39 is 27.3 Å². The Bertz CT molecular complexity index is 316. The van der Waals surface area contributed by atoms with Crippen molar-refractivity contribution in [1.29, 1.82) is 5.26 Å². The average Bonchev–Trinajstić information content (AvgIpc) is 2.03. The molecule has 0 rings (SSSR count). The van der Waals surface area contributed by atoms with Crippen molar-refractivity contribution in [2.75, 3.05) is 18.1 Å². The highest BCUT2D eigenvalue weighted by molar-refractivity contribution is 7.92. The molecule has 0 spiro atoms. The number of carbonyl (C=O) groups is 1. The summed E-state index contributed by atoms with van der Waals surface area (Å²) in [6.45, 7) is 2.45. The number of hydrogen-bond donors (Lipinski definition) is 1. The van der Waals surface area contributed by atoms with Crippen LogP contribution in [0.1, 0.15) is 19.8 Å². The number of nitriles is 1. The molecule has 0 aromatic heterocycles. The first-order chi connectivity index (χ1) is 6.52. The van der Waals surface area contributed by atoms with Crippen molar-refractivity contribution in [1.82, 2.24) is 5.32 Å². The van der Waals surface area contributed by atoms with E-state index in [2.05, 4.69) is 5.32 Å². The highest BCUT2D eigenvalue weighted by atomic mass is 32.2. The van der Waals surface area contributed by atoms with Crippen molar-refractivity contribution in [3.63, 3.8) is 0 Å². The van der Waals surface area contributed by atoms with Gasteiger partial charge in [0.2, 0.25) is 5.91 Å². The molecule has 1 N–H and O–H groups in total. The van der Waals surface area contributed by atoms with Crippen LogP contribution in [0.15, 0.2) is 0 Å². The smallest absolute Gasteiger partial charge is 0.235 e. The molecule has 0 aromatic carbocycles. The molecule has 0 aliphatic carbocycles. The normalized spacial score (nSPS) is 10.6. The Hall–Kier alpha value is -1.09. The first-order valence-electron chi connectivity index (χ1n) is 4.36. The summed E-state index contributed by atoms with van der Waals surface area (Å²) in [5, 5.41) is 10.6. The first-order valence-corrected chi connectivity index (χ1v) is 6.18. The van der Waals surface area contributed by atoms with Crippen LogP contribution in [0, 0.1) is 11.3 Å². The van der Waals surface area contributed by atoms with Gasteiger partial charge in [0.15, 0.2) is 9.84 Å². The summed E-state index contributed by atoms with van der Waals surface area (Å²) in [4.78, 5) is 11.0. The fraction of sp³-hybridized carbons (Fsp3) is 0.750. The molecule has 0 aliphatic heterocycles. The van der Waals surface area contributed by atoms with Crippen LogP contribution in [-0.2, 0) is 14.6 Å². The van der Waals surface area contributed by atoms with Crippen molar-refractivity contribution in [2.45, 2.75) is 19.8 Å². The molecular weight excluding hydrogens is 204 g/mol. The van der Waals surface area contributed by atoms with E-state index in [1.165, 1.54) is 6.07 Å². The molecule has 0 unspecified atom stereocenters. The van der Waals surface area contributed by atoms with Gasteiger partial charge in [-0.1, -0.05) is 13.3 Å². The van der Waals surface area contributed by atoms with Gasteiger partial charge in [-0.15, -0.1) is 0 Å². The summed E-state index contributed by atoms with van der Waals surface area (Å²) in [6, 6.07) is 1.51. The molecule has 1 amide bonds. The fourth-order valence-electron chi connectivity index (χ4n) is 0.805. The maximum atomic E-state index is 11.0. The topological polar surface area (TPSA) is 87.0 Å². The second kappa shape index (κ2) is 6.38. The van der Waals surface area contributed by atoms with E-state index in [0.717, 1.165) is 12.8 Å². The monoisotopic (exact) mass is 218 g/mol. The number of nitrogens with one attached hydrogen (secondary N) is 1. The van der Waals surface area contributed by atoms with E-state index in [0.29, 0.717) is 6.54 Å². The molecule has 80 valence electrons. The van der Waals surface area contributed by atoms with E-state index >= 15 is 0 Å². The summed E-state index contributed by atoms with van der Waals surface area (Å²) in [6.07, 6.45) is 1.76. The van der Waals surface area contributed by atoms with Crippen LogP contribution in [-0.4, -0.2) is 32.4 Å². The van der Waals surface area contributed by atoms with Gasteiger partial charge in [0.25, 0.3) is 0 Å². The lowest BCUT2D eigenvalue weighted by molar-refractivity contribution is -0.118. The number of unbranched alkanes of at least 4 members (excludes halogenated alkanes) is 1. The summed E-state index contributed by atoms with van der Waals surface area (Å²) in [5.41, 5.74) is 0. The van der Waals surface area contributed by atoms with E-state index in [9.17, 15) is 13.2 Å². The molecule has 0 atom stereocenters. The summed E-state index contributed by atoms with van der Waals surface area (Å²) in [7, 11) is -3.54. The minimum absolute atomic E-state index is 0.484. The zero-order valence-electron chi connectivity index (χ0n) is 8.12. The van der Waals surface area contributed by atoms with Gasteiger partial charge >= 0.3 is 0 Å². The molecule has 14 heavy (non-hydrogen) atoms. The minimum atomic E-state index is -3.54. The third-order valence-corrected chi connectivity index (χ3v) is 2.76. The number of carbonyl (C=O) groups excluding carboxylic acids is 1. The lowest BCUT2D eigenvalue weighted by atomic mass is 10.3. The molecule has 0 bridgehead atoms. The van der Waals surface area contributed by atoms with Crippen molar-refractivity contribution < 1.29 is 13.2 Å². The zero-order chi connectivity index (χ0) is 11.0. The zero-order valence-corrected chi connectivity index (χ0v) is 8.93. The second-order valence-corrected chi connectivity index (χ2v) is 4.96. The minimum Gasteiger partial charge on any atom is -0.355 e. The molecule has 0 fully saturated rings. The summed E-state index contributed by atoms with van der Waals surface area (Å²) in [5.74, 6) is -1.73. The van der Waals surface area contributed by atoms with Crippen LogP contribution in [0.4, 0.5) is 0 Å². The molecular formula is C8H14N2O3S. The number of hydrogen-bond acceptors (Lipinski definition) is 4. The Morgan fingerprint density at radius 3 is 2.64 bits per heavy atom. The van der Waals surface area contributed by atoms with E-state index in [1.807, 2.05) is 6.92 Å². The third-order valence-electron chi connectivity index (χ3n) is 1.49. The molecule has 5 nitrogen and oxygen atoms in total. The number of nitrogens with zero attached hydrogens (tertiary/aromatic N) is 1. The van der Waals surface area contributed by atoms with Gasteiger partial charge in [0.05, 0.1) is 6.07 Å². The predicted molar refractivity (Wildman–Crippen MR) is 52.2 cm³/mol. The van der Waals surface area contributed by atoms with Gasteiger partial charge in [0.1, 0.15) is 11.5 Å². The van der Waals surface area contributed by atoms with Gasteiger partial charge in [0, 0.05) is 6.54 Å². The SMILES string of the molecule is CCCCNC(=O)CS(=O)(=O)CC#N. The Morgan fingerprint density at radius 2 is 2.14 bits per heavy atom. The van der Waals surface area contributed by atoms with Gasteiger partial charge in [-0.2, -0.15) is 5.26 Å². The summed E-state index contributed by atoms with van der Waals surface area (Å²) < 4.78 is 22.0. The van der Waals surface area contributed by atoms with Crippen LogP contribution < -0.4 is 5.32 Å². The highest BCUT2D eigenvalue weighted by Gasteiger charge is 2.15. The Labute approximate surface area is 84.0 Å². The molecule has 0 aromatic rings. The average molecular weight is 218 g/mol. The number of amides is 1. The van der Waals surface area contributed by atoms with Crippen molar-refractivity contribution >= 4 is 15.7 Å². The van der Waals surface area contributed by atoms with Gasteiger partial charge in [-0.3, -0.25) is 4.79 Å². The summed E-state index contributed by atoms with van der Waals surface area (Å²) >= 11 is 0. The molecule has 0 heterocycles. The predicted octanol–water partition coefficient (Wildman–Crippen LogP) is -0.159. The van der Waals surface area contributed by atoms with Crippen LogP contribution >= 0.6 is 0 Å². The maximum absolute atomic E-state index is 11.0. The van der Waals surface area contributed by atoms with Gasteiger partial charge in [-0.25, -0.2) is 8.42 Å². The molecule has 0 aliphatic rings. The standard InChI is InChI=1S/C8H14N2O3S/c1-2-3-5-10-8(11)7-14(12,13)6-4-9/h2-3,5-7H2,1H3,(H,10,11). The highest BCUT2D eigenvalue weighted by Crippen LogP contribution is 1.89. The van der Waals surface area contributed by atoms with Crippen LogP contribution in [0.25, 0.3) is 0 Å². The quantitative estimate of drug-likeness (QED) is 0.627. The lowest BCUT2D eigenvalue weighted by Crippen LogP contribution is -2.31.